The number of carbonyl (C=O) groups excluding carboxylic acids is 1. The first kappa shape index (κ1) is 18.4. The lowest BCUT2D eigenvalue weighted by molar-refractivity contribution is -0.111. The third-order valence-corrected chi connectivity index (χ3v) is 3.75. The van der Waals surface area contributed by atoms with Gasteiger partial charge in [0.25, 0.3) is 0 Å². The Labute approximate surface area is 151 Å². The third-order valence-electron chi connectivity index (χ3n) is 3.35. The summed E-state index contributed by atoms with van der Waals surface area (Å²) in [4.78, 5) is 12.0. The molecule has 0 saturated heterocycles. The van der Waals surface area contributed by atoms with Crippen molar-refractivity contribution in [2.75, 3.05) is 19.0 Å². The summed E-state index contributed by atoms with van der Waals surface area (Å²) in [7, 11) is 1.51. The van der Waals surface area contributed by atoms with E-state index in [1.807, 2.05) is 19.1 Å². The summed E-state index contributed by atoms with van der Waals surface area (Å²) in [6.07, 6.45) is 3.07. The number of methoxy groups -OCH3 is 1. The van der Waals surface area contributed by atoms with Gasteiger partial charge in [-0.05, 0) is 48.4 Å². The molecule has 0 heterocycles. The van der Waals surface area contributed by atoms with Crippen molar-refractivity contribution in [3.63, 3.8) is 0 Å². The smallest absolute Gasteiger partial charge is 0.248 e. The SMILES string of the molecule is COc1cc(C=CC(=O)Nc2ccc(C)c(Cl)c2)ccc1OCC#N. The van der Waals surface area contributed by atoms with Crippen LogP contribution in [0.5, 0.6) is 11.5 Å². The number of nitrogens with zero attached hydrogens (tertiary/aromatic N) is 1. The van der Waals surface area contributed by atoms with Crippen molar-refractivity contribution >= 4 is 29.3 Å². The van der Waals surface area contributed by atoms with Crippen LogP contribution in [0, 0.1) is 18.3 Å². The number of halogens is 1. The van der Waals surface area contributed by atoms with Gasteiger partial charge in [0, 0.05) is 16.8 Å². The van der Waals surface area contributed by atoms with E-state index in [0.717, 1.165) is 11.1 Å². The number of aryl methyl sites for hydroxylation is 1. The average molecular weight is 357 g/mol. The first-order valence-corrected chi connectivity index (χ1v) is 7.84. The van der Waals surface area contributed by atoms with Crippen molar-refractivity contribution in [3.8, 4) is 17.6 Å². The number of anilines is 1. The van der Waals surface area contributed by atoms with E-state index in [-0.39, 0.29) is 12.5 Å². The lowest BCUT2D eigenvalue weighted by Crippen LogP contribution is -2.07. The molecule has 2 aromatic rings. The Kier molecular flexibility index (Phi) is 6.44. The van der Waals surface area contributed by atoms with Gasteiger partial charge in [0.15, 0.2) is 18.1 Å². The number of carbonyl (C=O) groups is 1. The van der Waals surface area contributed by atoms with E-state index in [4.69, 9.17) is 26.3 Å². The summed E-state index contributed by atoms with van der Waals surface area (Å²) in [6, 6.07) is 12.4. The zero-order valence-electron chi connectivity index (χ0n) is 13.9. The maximum Gasteiger partial charge on any atom is 0.248 e. The fourth-order valence-corrected chi connectivity index (χ4v) is 2.22. The number of nitriles is 1. The Hall–Kier alpha value is -2.97. The molecule has 0 saturated carbocycles. The molecule has 1 amide bonds. The standard InChI is InChI=1S/C19H17ClN2O3/c1-13-3-6-15(12-16(13)20)22-19(23)8-5-14-4-7-17(25-10-9-21)18(11-14)24-2/h3-8,11-12H,10H2,1-2H3,(H,22,23). The van der Waals surface area contributed by atoms with Crippen LogP contribution in [0.1, 0.15) is 11.1 Å². The molecule has 0 aromatic heterocycles. The van der Waals surface area contributed by atoms with Gasteiger partial charge in [0.2, 0.25) is 5.91 Å². The quantitative estimate of drug-likeness (QED) is 0.787. The molecule has 25 heavy (non-hydrogen) atoms. The van der Waals surface area contributed by atoms with E-state index < -0.39 is 0 Å². The van der Waals surface area contributed by atoms with Crippen molar-refractivity contribution in [2.45, 2.75) is 6.92 Å². The summed E-state index contributed by atoms with van der Waals surface area (Å²) in [5.74, 6) is 0.687. The highest BCUT2D eigenvalue weighted by molar-refractivity contribution is 6.31. The molecule has 0 aliphatic carbocycles. The fraction of sp³-hybridized carbons (Fsp3) is 0.158. The fourth-order valence-electron chi connectivity index (χ4n) is 2.04. The molecule has 2 aromatic carbocycles. The summed E-state index contributed by atoms with van der Waals surface area (Å²) in [5.41, 5.74) is 2.34. The first-order chi connectivity index (χ1) is 12.0. The number of hydrogen-bond donors (Lipinski definition) is 1. The van der Waals surface area contributed by atoms with Crippen molar-refractivity contribution in [2.24, 2.45) is 0 Å². The molecule has 5 nitrogen and oxygen atoms in total. The number of rotatable bonds is 6. The van der Waals surface area contributed by atoms with Crippen LogP contribution in [0.15, 0.2) is 42.5 Å². The van der Waals surface area contributed by atoms with E-state index in [9.17, 15) is 4.79 Å². The van der Waals surface area contributed by atoms with Gasteiger partial charge < -0.3 is 14.8 Å². The van der Waals surface area contributed by atoms with Crippen LogP contribution in [-0.4, -0.2) is 19.6 Å². The van der Waals surface area contributed by atoms with Crippen molar-refractivity contribution < 1.29 is 14.3 Å². The number of nitrogens with one attached hydrogen (secondary N) is 1. The minimum Gasteiger partial charge on any atom is -0.493 e. The molecule has 0 spiro atoms. The topological polar surface area (TPSA) is 71.3 Å². The molecule has 0 fully saturated rings. The van der Waals surface area contributed by atoms with Crippen LogP contribution >= 0.6 is 11.6 Å². The van der Waals surface area contributed by atoms with Gasteiger partial charge in [-0.25, -0.2) is 0 Å². The molecule has 6 heteroatoms. The highest BCUT2D eigenvalue weighted by Crippen LogP contribution is 2.28. The Morgan fingerprint density at radius 3 is 2.76 bits per heavy atom. The molecule has 0 aliphatic rings. The van der Waals surface area contributed by atoms with Gasteiger partial charge in [-0.1, -0.05) is 23.7 Å². The lowest BCUT2D eigenvalue weighted by atomic mass is 10.2. The van der Waals surface area contributed by atoms with Gasteiger partial charge in [-0.2, -0.15) is 5.26 Å². The van der Waals surface area contributed by atoms with Crippen molar-refractivity contribution in [1.29, 1.82) is 5.26 Å². The second-order valence-electron chi connectivity index (χ2n) is 5.14. The van der Waals surface area contributed by atoms with Crippen LogP contribution in [0.4, 0.5) is 5.69 Å². The molecule has 0 aliphatic heterocycles. The summed E-state index contributed by atoms with van der Waals surface area (Å²) in [5, 5.41) is 11.9. The predicted octanol–water partition coefficient (Wildman–Crippen LogP) is 4.21. The molecular weight excluding hydrogens is 340 g/mol. The number of amides is 1. The molecule has 0 bridgehead atoms. The Bertz CT molecular complexity index is 841. The molecular formula is C19H17ClN2O3. The average Bonchev–Trinajstić information content (AvgIpc) is 2.61. The monoisotopic (exact) mass is 356 g/mol. The Morgan fingerprint density at radius 2 is 2.08 bits per heavy atom. The van der Waals surface area contributed by atoms with Gasteiger partial charge in [0.1, 0.15) is 6.07 Å². The highest BCUT2D eigenvalue weighted by Gasteiger charge is 2.05. The summed E-state index contributed by atoms with van der Waals surface area (Å²) >= 11 is 6.04. The van der Waals surface area contributed by atoms with Gasteiger partial charge in [0.05, 0.1) is 7.11 Å². The minimum atomic E-state index is -0.274. The van der Waals surface area contributed by atoms with Gasteiger partial charge >= 0.3 is 0 Å². The van der Waals surface area contributed by atoms with E-state index in [2.05, 4.69) is 5.32 Å². The first-order valence-electron chi connectivity index (χ1n) is 7.46. The van der Waals surface area contributed by atoms with E-state index in [1.165, 1.54) is 13.2 Å². The maximum atomic E-state index is 12.0. The molecule has 2 rings (SSSR count). The third kappa shape index (κ3) is 5.27. The van der Waals surface area contributed by atoms with Crippen LogP contribution < -0.4 is 14.8 Å². The lowest BCUT2D eigenvalue weighted by Gasteiger charge is -2.08. The van der Waals surface area contributed by atoms with Crippen molar-refractivity contribution in [1.82, 2.24) is 0 Å². The molecule has 1 N–H and O–H groups in total. The van der Waals surface area contributed by atoms with Crippen LogP contribution in [0.25, 0.3) is 6.08 Å². The zero-order valence-corrected chi connectivity index (χ0v) is 14.6. The van der Waals surface area contributed by atoms with Crippen LogP contribution in [0.2, 0.25) is 5.02 Å². The molecule has 0 atom stereocenters. The second kappa shape index (κ2) is 8.76. The van der Waals surface area contributed by atoms with E-state index in [1.54, 1.807) is 36.4 Å². The normalized spacial score (nSPS) is 10.3. The van der Waals surface area contributed by atoms with Crippen molar-refractivity contribution in [3.05, 3.63) is 58.6 Å². The van der Waals surface area contributed by atoms with E-state index in [0.29, 0.717) is 22.2 Å². The zero-order chi connectivity index (χ0) is 18.2. The molecule has 0 unspecified atom stereocenters. The second-order valence-corrected chi connectivity index (χ2v) is 5.55. The predicted molar refractivity (Wildman–Crippen MR) is 98.0 cm³/mol. The molecule has 0 radical (unpaired) electrons. The number of ether oxygens (including phenoxy) is 2. The summed E-state index contributed by atoms with van der Waals surface area (Å²) < 4.78 is 10.5. The molecule has 128 valence electrons. The number of hydrogen-bond acceptors (Lipinski definition) is 4. The summed E-state index contributed by atoms with van der Waals surface area (Å²) in [6.45, 7) is 1.83. The highest BCUT2D eigenvalue weighted by atomic mass is 35.5. The maximum absolute atomic E-state index is 12.0. The van der Waals surface area contributed by atoms with Gasteiger partial charge in [-0.3, -0.25) is 4.79 Å². The van der Waals surface area contributed by atoms with Crippen LogP contribution in [-0.2, 0) is 4.79 Å². The number of benzene rings is 2. The van der Waals surface area contributed by atoms with Gasteiger partial charge in [-0.15, -0.1) is 0 Å². The Balaban J connectivity index is 2.06. The minimum absolute atomic E-state index is 0.0624. The van der Waals surface area contributed by atoms with Crippen LogP contribution in [0.3, 0.4) is 0 Å². The largest absolute Gasteiger partial charge is 0.493 e. The Morgan fingerprint density at radius 1 is 1.28 bits per heavy atom. The van der Waals surface area contributed by atoms with E-state index >= 15 is 0 Å².